The van der Waals surface area contributed by atoms with E-state index in [1.54, 1.807) is 12.1 Å². The minimum Gasteiger partial charge on any atom is -0.508 e. The zero-order valence-corrected chi connectivity index (χ0v) is 10.5. The monoisotopic (exact) mass is 276 g/mol. The van der Waals surface area contributed by atoms with Crippen LogP contribution < -0.4 is 4.74 Å². The average molecular weight is 276 g/mol. The molecular weight excluding hydrogens is 263 g/mol. The first-order chi connectivity index (χ1) is 9.56. The van der Waals surface area contributed by atoms with Gasteiger partial charge in [0.05, 0.1) is 0 Å². The molecule has 0 aliphatic heterocycles. The first-order valence-corrected chi connectivity index (χ1v) is 5.96. The lowest BCUT2D eigenvalue weighted by molar-refractivity contribution is -0.139. The third-order valence-electron chi connectivity index (χ3n) is 2.78. The molecule has 0 aliphatic rings. The number of aliphatic carboxylic acids is 1. The Balaban J connectivity index is 2.13. The fraction of sp³-hybridized carbons (Fsp3) is 0.133. The van der Waals surface area contributed by atoms with Crippen molar-refractivity contribution in [3.05, 3.63) is 59.9 Å². The van der Waals surface area contributed by atoms with E-state index in [9.17, 15) is 19.4 Å². The number of halogens is 1. The van der Waals surface area contributed by atoms with Crippen LogP contribution in [-0.2, 0) is 4.79 Å². The van der Waals surface area contributed by atoms with Gasteiger partial charge in [-0.3, -0.25) is 4.79 Å². The summed E-state index contributed by atoms with van der Waals surface area (Å²) in [6.45, 7) is -0.151. The van der Waals surface area contributed by atoms with Crippen LogP contribution >= 0.6 is 0 Å². The van der Waals surface area contributed by atoms with Gasteiger partial charge in [-0.05, 0) is 29.8 Å². The Morgan fingerprint density at radius 2 is 1.95 bits per heavy atom. The highest BCUT2D eigenvalue weighted by Gasteiger charge is 2.21. The van der Waals surface area contributed by atoms with Gasteiger partial charge in [0, 0.05) is 6.07 Å². The molecule has 0 bridgehead atoms. The zero-order chi connectivity index (χ0) is 14.5. The van der Waals surface area contributed by atoms with Crippen molar-refractivity contribution in [1.82, 2.24) is 0 Å². The maximum Gasteiger partial charge on any atom is 0.314 e. The standard InChI is InChI=1S/C15H13FO4/c16-11-4-1-3-10(7-11)14(15(18)19)9-20-13-6-2-5-12(17)8-13/h1-8,14,17H,9H2,(H,18,19). The minimum absolute atomic E-state index is 0.0279. The molecule has 104 valence electrons. The fourth-order valence-corrected chi connectivity index (χ4v) is 1.79. The second kappa shape index (κ2) is 6.06. The van der Waals surface area contributed by atoms with Gasteiger partial charge in [0.1, 0.15) is 29.8 Å². The summed E-state index contributed by atoms with van der Waals surface area (Å²) < 4.78 is 18.5. The second-order valence-corrected chi connectivity index (χ2v) is 4.25. The van der Waals surface area contributed by atoms with Crippen molar-refractivity contribution in [3.63, 3.8) is 0 Å². The Labute approximate surface area is 115 Å². The van der Waals surface area contributed by atoms with Gasteiger partial charge >= 0.3 is 5.97 Å². The Hall–Kier alpha value is -2.56. The molecule has 0 aliphatic carbocycles. The van der Waals surface area contributed by atoms with Crippen molar-refractivity contribution < 1.29 is 24.1 Å². The Morgan fingerprint density at radius 3 is 2.60 bits per heavy atom. The first-order valence-electron chi connectivity index (χ1n) is 5.96. The molecule has 1 atom stereocenters. The smallest absolute Gasteiger partial charge is 0.314 e. The quantitative estimate of drug-likeness (QED) is 0.881. The fourth-order valence-electron chi connectivity index (χ4n) is 1.79. The predicted molar refractivity (Wildman–Crippen MR) is 70.4 cm³/mol. The normalized spacial score (nSPS) is 11.8. The number of benzene rings is 2. The van der Waals surface area contributed by atoms with Crippen molar-refractivity contribution in [1.29, 1.82) is 0 Å². The maximum atomic E-state index is 13.1. The summed E-state index contributed by atoms with van der Waals surface area (Å²) >= 11 is 0. The van der Waals surface area contributed by atoms with E-state index in [1.165, 1.54) is 36.4 Å². The molecule has 2 aromatic rings. The summed E-state index contributed by atoms with van der Waals surface area (Å²) in [7, 11) is 0. The van der Waals surface area contributed by atoms with Crippen LogP contribution in [0.25, 0.3) is 0 Å². The zero-order valence-electron chi connectivity index (χ0n) is 10.5. The molecule has 0 saturated carbocycles. The first kappa shape index (κ1) is 13.9. The summed E-state index contributed by atoms with van der Waals surface area (Å²) in [5.41, 5.74) is 0.331. The van der Waals surface area contributed by atoms with E-state index < -0.39 is 17.7 Å². The van der Waals surface area contributed by atoms with Crippen LogP contribution in [0.15, 0.2) is 48.5 Å². The van der Waals surface area contributed by atoms with E-state index in [0.29, 0.717) is 11.3 Å². The number of ether oxygens (including phenoxy) is 1. The molecule has 0 spiro atoms. The highest BCUT2D eigenvalue weighted by molar-refractivity contribution is 5.76. The van der Waals surface area contributed by atoms with Crippen molar-refractivity contribution in [2.75, 3.05) is 6.61 Å². The van der Waals surface area contributed by atoms with Crippen molar-refractivity contribution in [3.8, 4) is 11.5 Å². The van der Waals surface area contributed by atoms with E-state index in [1.807, 2.05) is 0 Å². The summed E-state index contributed by atoms with van der Waals surface area (Å²) in [5, 5.41) is 18.5. The topological polar surface area (TPSA) is 66.8 Å². The predicted octanol–water partition coefficient (Wildman–Crippen LogP) is 2.78. The number of carboxylic acid groups (broad SMARTS) is 1. The summed E-state index contributed by atoms with van der Waals surface area (Å²) in [6, 6.07) is 11.5. The third-order valence-corrected chi connectivity index (χ3v) is 2.78. The van der Waals surface area contributed by atoms with Crippen molar-refractivity contribution >= 4 is 5.97 Å². The number of phenols is 1. The van der Waals surface area contributed by atoms with Crippen LogP contribution in [0.5, 0.6) is 11.5 Å². The van der Waals surface area contributed by atoms with Gasteiger partial charge in [-0.2, -0.15) is 0 Å². The summed E-state index contributed by atoms with van der Waals surface area (Å²) in [5.74, 6) is -2.19. The lowest BCUT2D eigenvalue weighted by atomic mass is 10.0. The molecule has 20 heavy (non-hydrogen) atoms. The number of phenolic OH excluding ortho intramolecular Hbond substituents is 1. The maximum absolute atomic E-state index is 13.1. The van der Waals surface area contributed by atoms with Crippen molar-refractivity contribution in [2.45, 2.75) is 5.92 Å². The largest absolute Gasteiger partial charge is 0.508 e. The molecule has 2 rings (SSSR count). The number of aromatic hydroxyl groups is 1. The lowest BCUT2D eigenvalue weighted by Gasteiger charge is -2.14. The molecule has 5 heteroatoms. The Morgan fingerprint density at radius 1 is 1.20 bits per heavy atom. The van der Waals surface area contributed by atoms with E-state index in [-0.39, 0.29) is 12.4 Å². The number of hydrogen-bond donors (Lipinski definition) is 2. The molecule has 4 nitrogen and oxygen atoms in total. The highest BCUT2D eigenvalue weighted by atomic mass is 19.1. The minimum atomic E-state index is -1.10. The van der Waals surface area contributed by atoms with Gasteiger partial charge in [0.2, 0.25) is 0 Å². The van der Waals surface area contributed by atoms with Crippen LogP contribution in [0.2, 0.25) is 0 Å². The molecule has 1 unspecified atom stereocenters. The Kier molecular flexibility index (Phi) is 4.20. The second-order valence-electron chi connectivity index (χ2n) is 4.25. The van der Waals surface area contributed by atoms with E-state index in [4.69, 9.17) is 4.74 Å². The van der Waals surface area contributed by atoms with E-state index in [2.05, 4.69) is 0 Å². The molecule has 0 aromatic heterocycles. The van der Waals surface area contributed by atoms with Gasteiger partial charge < -0.3 is 14.9 Å². The molecular formula is C15H13FO4. The van der Waals surface area contributed by atoms with Crippen LogP contribution in [-0.4, -0.2) is 22.8 Å². The van der Waals surface area contributed by atoms with E-state index in [0.717, 1.165) is 0 Å². The van der Waals surface area contributed by atoms with Gasteiger partial charge in [0.15, 0.2) is 0 Å². The lowest BCUT2D eigenvalue weighted by Crippen LogP contribution is -2.19. The molecule has 0 heterocycles. The SMILES string of the molecule is O=C(O)C(COc1cccc(O)c1)c1cccc(F)c1. The molecule has 0 amide bonds. The van der Waals surface area contributed by atoms with Crippen molar-refractivity contribution in [2.24, 2.45) is 0 Å². The number of rotatable bonds is 5. The number of carbonyl (C=O) groups is 1. The number of carboxylic acids is 1. The van der Waals surface area contributed by atoms with Gasteiger partial charge in [0.25, 0.3) is 0 Å². The summed E-state index contributed by atoms with van der Waals surface area (Å²) in [4.78, 5) is 11.2. The van der Waals surface area contributed by atoms with Crippen LogP contribution in [0.4, 0.5) is 4.39 Å². The molecule has 2 N–H and O–H groups in total. The molecule has 0 fully saturated rings. The van der Waals surface area contributed by atoms with Gasteiger partial charge in [-0.15, -0.1) is 0 Å². The van der Waals surface area contributed by atoms with Crippen LogP contribution in [0.1, 0.15) is 11.5 Å². The van der Waals surface area contributed by atoms with Crippen LogP contribution in [0, 0.1) is 5.82 Å². The average Bonchev–Trinajstić information content (AvgIpc) is 2.38. The third kappa shape index (κ3) is 3.47. The van der Waals surface area contributed by atoms with E-state index >= 15 is 0 Å². The Bertz CT molecular complexity index is 612. The van der Waals surface area contributed by atoms with Gasteiger partial charge in [-0.1, -0.05) is 18.2 Å². The molecule has 2 aromatic carbocycles. The van der Waals surface area contributed by atoms with Crippen LogP contribution in [0.3, 0.4) is 0 Å². The molecule has 0 radical (unpaired) electrons. The summed E-state index contributed by atoms with van der Waals surface area (Å²) in [6.07, 6.45) is 0. The van der Waals surface area contributed by atoms with Gasteiger partial charge in [-0.25, -0.2) is 4.39 Å². The highest BCUT2D eigenvalue weighted by Crippen LogP contribution is 2.22. The number of hydrogen-bond acceptors (Lipinski definition) is 3. The molecule has 0 saturated heterocycles.